The monoisotopic (exact) mass is 372 g/mol. The Bertz CT molecular complexity index is 1050. The Morgan fingerprint density at radius 1 is 0.964 bits per heavy atom. The first-order chi connectivity index (χ1) is 13.8. The molecule has 2 aromatic carbocycles. The Morgan fingerprint density at radius 2 is 1.75 bits per heavy atom. The van der Waals surface area contributed by atoms with Crippen LogP contribution in [-0.4, -0.2) is 26.0 Å². The predicted molar refractivity (Wildman–Crippen MR) is 102 cm³/mol. The molecule has 4 rings (SSSR count). The molecular formula is C20H16N6O2. The number of benzene rings is 2. The van der Waals surface area contributed by atoms with Crippen LogP contribution in [0.3, 0.4) is 0 Å². The first-order valence-electron chi connectivity index (χ1n) is 8.57. The number of nitrogens with zero attached hydrogens (tertiary/aromatic N) is 4. The lowest BCUT2D eigenvalue weighted by atomic mass is 10.0. The van der Waals surface area contributed by atoms with Crippen molar-refractivity contribution in [3.63, 3.8) is 0 Å². The molecule has 138 valence electrons. The molecule has 2 N–H and O–H groups in total. The lowest BCUT2D eigenvalue weighted by Crippen LogP contribution is -2.37. The molecule has 0 aliphatic rings. The third-order valence-electron chi connectivity index (χ3n) is 3.97. The predicted octanol–water partition coefficient (Wildman–Crippen LogP) is 2.63. The molecule has 0 unspecified atom stereocenters. The average molecular weight is 372 g/mol. The van der Waals surface area contributed by atoms with E-state index in [4.69, 9.17) is 4.52 Å². The van der Waals surface area contributed by atoms with E-state index in [-0.39, 0.29) is 11.7 Å². The number of hydrogen-bond acceptors (Lipinski definition) is 7. The van der Waals surface area contributed by atoms with Crippen molar-refractivity contribution in [2.24, 2.45) is 0 Å². The van der Waals surface area contributed by atoms with Crippen molar-refractivity contribution >= 4 is 5.91 Å². The maximum atomic E-state index is 12.1. The first-order valence-corrected chi connectivity index (χ1v) is 8.57. The molecule has 0 aliphatic heterocycles. The van der Waals surface area contributed by atoms with Crippen LogP contribution in [0.25, 0.3) is 22.6 Å². The van der Waals surface area contributed by atoms with Crippen molar-refractivity contribution in [2.75, 3.05) is 0 Å². The molecule has 0 saturated carbocycles. The summed E-state index contributed by atoms with van der Waals surface area (Å²) >= 11 is 0. The van der Waals surface area contributed by atoms with E-state index in [0.29, 0.717) is 12.2 Å². The quantitative estimate of drug-likeness (QED) is 0.501. The highest BCUT2D eigenvalue weighted by molar-refractivity contribution is 5.89. The van der Waals surface area contributed by atoms with E-state index in [1.807, 2.05) is 42.5 Å². The Morgan fingerprint density at radius 3 is 2.50 bits per heavy atom. The van der Waals surface area contributed by atoms with Gasteiger partial charge in [0.2, 0.25) is 5.82 Å². The number of nitrogens with one attached hydrogen (secondary N) is 2. The molecule has 0 spiro atoms. The Labute approximate surface area is 160 Å². The van der Waals surface area contributed by atoms with E-state index in [1.165, 1.54) is 18.6 Å². The van der Waals surface area contributed by atoms with Crippen molar-refractivity contribution in [3.05, 3.63) is 84.6 Å². The second-order valence-electron chi connectivity index (χ2n) is 5.88. The van der Waals surface area contributed by atoms with Crippen molar-refractivity contribution in [1.82, 2.24) is 31.0 Å². The third kappa shape index (κ3) is 4.08. The number of aromatic nitrogens is 4. The molecule has 0 atom stereocenters. The topological polar surface area (TPSA) is 106 Å². The molecule has 28 heavy (non-hydrogen) atoms. The van der Waals surface area contributed by atoms with E-state index in [9.17, 15) is 4.79 Å². The maximum Gasteiger partial charge on any atom is 0.323 e. The maximum absolute atomic E-state index is 12.1. The fraction of sp³-hybridized carbons (Fsp3) is 0.0500. The highest BCUT2D eigenvalue weighted by Gasteiger charge is 2.16. The number of rotatable bonds is 6. The van der Waals surface area contributed by atoms with Gasteiger partial charge in [-0.15, -0.1) is 0 Å². The van der Waals surface area contributed by atoms with Crippen LogP contribution >= 0.6 is 0 Å². The van der Waals surface area contributed by atoms with Gasteiger partial charge in [0.25, 0.3) is 0 Å². The second-order valence-corrected chi connectivity index (χ2v) is 5.88. The minimum Gasteiger partial charge on any atom is -0.328 e. The number of carbonyl (C=O) groups is 1. The molecule has 8 heteroatoms. The molecule has 8 nitrogen and oxygen atoms in total. The van der Waals surface area contributed by atoms with E-state index in [2.05, 4.69) is 43.1 Å². The average Bonchev–Trinajstić information content (AvgIpc) is 3.26. The molecule has 0 aliphatic carbocycles. The van der Waals surface area contributed by atoms with Crippen LogP contribution in [0.15, 0.2) is 77.7 Å². The van der Waals surface area contributed by atoms with E-state index >= 15 is 0 Å². The molecule has 0 saturated heterocycles. The largest absolute Gasteiger partial charge is 0.328 e. The molecule has 0 fully saturated rings. The lowest BCUT2D eigenvalue weighted by Gasteiger charge is -2.06. The van der Waals surface area contributed by atoms with Gasteiger partial charge in [0.15, 0.2) is 0 Å². The van der Waals surface area contributed by atoms with Crippen molar-refractivity contribution in [2.45, 2.75) is 6.54 Å². The summed E-state index contributed by atoms with van der Waals surface area (Å²) < 4.78 is 4.97. The summed E-state index contributed by atoms with van der Waals surface area (Å²) in [5.74, 6) is -0.481. The van der Waals surface area contributed by atoms with Crippen LogP contribution in [0.1, 0.15) is 16.2 Å². The normalized spacial score (nSPS) is 10.6. The van der Waals surface area contributed by atoms with E-state index in [0.717, 1.165) is 16.7 Å². The van der Waals surface area contributed by atoms with Gasteiger partial charge in [-0.2, -0.15) is 4.98 Å². The Hall–Kier alpha value is -3.91. The van der Waals surface area contributed by atoms with Crippen LogP contribution in [0.2, 0.25) is 0 Å². The summed E-state index contributed by atoms with van der Waals surface area (Å²) in [7, 11) is 0. The van der Waals surface area contributed by atoms with Gasteiger partial charge in [-0.05, 0) is 16.7 Å². The SMILES string of the molecule is O=C(NNCc1ccc(-c2ccccc2)cc1)c1nc(-c2cnccn2)no1. The standard InChI is InChI=1S/C20H16N6O2/c27-19(20-24-18(26-28-20)17-13-21-10-11-22-17)25-23-12-14-6-8-16(9-7-14)15-4-2-1-3-5-15/h1-11,13,23H,12H2,(H,25,27). The van der Waals surface area contributed by atoms with Gasteiger partial charge in [0, 0.05) is 18.9 Å². The molecule has 0 bridgehead atoms. The summed E-state index contributed by atoms with van der Waals surface area (Å²) in [5.41, 5.74) is 9.13. The third-order valence-corrected chi connectivity index (χ3v) is 3.97. The fourth-order valence-corrected chi connectivity index (χ4v) is 2.56. The van der Waals surface area contributed by atoms with Gasteiger partial charge in [0.1, 0.15) is 5.69 Å². The van der Waals surface area contributed by atoms with Gasteiger partial charge in [-0.3, -0.25) is 15.2 Å². The molecule has 1 amide bonds. The minimum atomic E-state index is -0.524. The van der Waals surface area contributed by atoms with Gasteiger partial charge >= 0.3 is 11.8 Å². The van der Waals surface area contributed by atoms with Gasteiger partial charge in [0.05, 0.1) is 6.20 Å². The summed E-state index contributed by atoms with van der Waals surface area (Å²) in [6.07, 6.45) is 4.54. The summed E-state index contributed by atoms with van der Waals surface area (Å²) in [4.78, 5) is 24.1. The number of hydrazine groups is 1. The number of hydrogen-bond donors (Lipinski definition) is 2. The van der Waals surface area contributed by atoms with Gasteiger partial charge in [-0.25, -0.2) is 10.4 Å². The van der Waals surface area contributed by atoms with Crippen molar-refractivity contribution in [3.8, 4) is 22.6 Å². The lowest BCUT2D eigenvalue weighted by molar-refractivity contribution is 0.0887. The minimum absolute atomic E-state index is 0.160. The Kier molecular flexibility index (Phi) is 5.12. The number of amides is 1. The van der Waals surface area contributed by atoms with Crippen LogP contribution in [0.5, 0.6) is 0 Å². The van der Waals surface area contributed by atoms with Crippen LogP contribution in [-0.2, 0) is 6.54 Å². The van der Waals surface area contributed by atoms with Crippen molar-refractivity contribution in [1.29, 1.82) is 0 Å². The van der Waals surface area contributed by atoms with E-state index < -0.39 is 5.91 Å². The fourth-order valence-electron chi connectivity index (χ4n) is 2.56. The molecule has 0 radical (unpaired) electrons. The van der Waals surface area contributed by atoms with Crippen LogP contribution in [0, 0.1) is 0 Å². The molecular weight excluding hydrogens is 356 g/mol. The van der Waals surface area contributed by atoms with Gasteiger partial charge < -0.3 is 4.52 Å². The first kappa shape index (κ1) is 17.5. The summed E-state index contributed by atoms with van der Waals surface area (Å²) in [6.45, 7) is 0.450. The zero-order chi connectivity index (χ0) is 19.2. The molecule has 4 aromatic rings. The van der Waals surface area contributed by atoms with Gasteiger partial charge in [-0.1, -0.05) is 59.8 Å². The van der Waals surface area contributed by atoms with E-state index in [1.54, 1.807) is 0 Å². The Balaban J connectivity index is 1.31. The number of carbonyl (C=O) groups excluding carboxylic acids is 1. The second kappa shape index (κ2) is 8.19. The zero-order valence-electron chi connectivity index (χ0n) is 14.7. The van der Waals surface area contributed by atoms with Crippen LogP contribution in [0.4, 0.5) is 0 Å². The molecule has 2 heterocycles. The zero-order valence-corrected chi connectivity index (χ0v) is 14.7. The smallest absolute Gasteiger partial charge is 0.323 e. The van der Waals surface area contributed by atoms with Crippen molar-refractivity contribution < 1.29 is 9.32 Å². The molecule has 2 aromatic heterocycles. The summed E-state index contributed by atoms with van der Waals surface area (Å²) in [6, 6.07) is 18.2. The highest BCUT2D eigenvalue weighted by atomic mass is 16.5. The van der Waals surface area contributed by atoms with Crippen LogP contribution < -0.4 is 10.9 Å². The summed E-state index contributed by atoms with van der Waals surface area (Å²) in [5, 5.41) is 3.74. The highest BCUT2D eigenvalue weighted by Crippen LogP contribution is 2.19.